The van der Waals surface area contributed by atoms with Gasteiger partial charge in [-0.05, 0) is 47.0 Å². The Bertz CT molecular complexity index is 232. The van der Waals surface area contributed by atoms with Crippen LogP contribution in [0.1, 0.15) is 11.1 Å². The standard InChI is InChI=1S/C8H9BrS/c1-5-3-6(2)8(9)7(10)4-5/h3-4,10H,1-2H3. The topological polar surface area (TPSA) is 0 Å². The van der Waals surface area contributed by atoms with Gasteiger partial charge in [0, 0.05) is 9.37 Å². The van der Waals surface area contributed by atoms with E-state index < -0.39 is 0 Å². The second-order valence-electron chi connectivity index (χ2n) is 2.41. The lowest BCUT2D eigenvalue weighted by Gasteiger charge is -2.02. The molecule has 54 valence electrons. The van der Waals surface area contributed by atoms with Crippen LogP contribution in [0.4, 0.5) is 0 Å². The lowest BCUT2D eigenvalue weighted by molar-refractivity contribution is 1.26. The Balaban J connectivity index is 3.31. The second-order valence-corrected chi connectivity index (χ2v) is 3.69. The highest BCUT2D eigenvalue weighted by molar-refractivity contribution is 9.10. The van der Waals surface area contributed by atoms with Gasteiger partial charge < -0.3 is 0 Å². The van der Waals surface area contributed by atoms with Gasteiger partial charge in [-0.1, -0.05) is 6.07 Å². The largest absolute Gasteiger partial charge is 0.142 e. The summed E-state index contributed by atoms with van der Waals surface area (Å²) in [7, 11) is 0. The molecule has 0 aromatic heterocycles. The third-order valence-electron chi connectivity index (χ3n) is 1.38. The lowest BCUT2D eigenvalue weighted by Crippen LogP contribution is -1.80. The van der Waals surface area contributed by atoms with Crippen molar-refractivity contribution in [1.29, 1.82) is 0 Å². The first-order valence-electron chi connectivity index (χ1n) is 3.07. The van der Waals surface area contributed by atoms with E-state index in [4.69, 9.17) is 0 Å². The summed E-state index contributed by atoms with van der Waals surface area (Å²) in [6.07, 6.45) is 0. The molecule has 0 nitrogen and oxygen atoms in total. The summed E-state index contributed by atoms with van der Waals surface area (Å²) in [5, 5.41) is 0. The van der Waals surface area contributed by atoms with Crippen molar-refractivity contribution in [1.82, 2.24) is 0 Å². The number of thiol groups is 1. The fraction of sp³-hybridized carbons (Fsp3) is 0.250. The smallest absolute Gasteiger partial charge is 0.0338 e. The Hall–Kier alpha value is 0.0500. The Morgan fingerprint density at radius 3 is 2.40 bits per heavy atom. The number of benzene rings is 1. The van der Waals surface area contributed by atoms with E-state index in [1.54, 1.807) is 0 Å². The highest BCUT2D eigenvalue weighted by Gasteiger charge is 1.98. The Morgan fingerprint density at radius 1 is 1.30 bits per heavy atom. The SMILES string of the molecule is Cc1cc(C)c(Br)c(S)c1. The summed E-state index contributed by atoms with van der Waals surface area (Å²) in [5.74, 6) is 0. The molecule has 0 bridgehead atoms. The van der Waals surface area contributed by atoms with E-state index in [1.165, 1.54) is 11.1 Å². The van der Waals surface area contributed by atoms with Crippen molar-refractivity contribution in [3.05, 3.63) is 27.7 Å². The van der Waals surface area contributed by atoms with Crippen LogP contribution in [0, 0.1) is 13.8 Å². The summed E-state index contributed by atoms with van der Waals surface area (Å²) >= 11 is 7.73. The van der Waals surface area contributed by atoms with Crippen LogP contribution in [0.2, 0.25) is 0 Å². The minimum Gasteiger partial charge on any atom is -0.142 e. The number of aryl methyl sites for hydroxylation is 2. The molecular weight excluding hydrogens is 208 g/mol. The van der Waals surface area contributed by atoms with Crippen LogP contribution in [-0.2, 0) is 0 Å². The van der Waals surface area contributed by atoms with Crippen LogP contribution in [0.25, 0.3) is 0 Å². The summed E-state index contributed by atoms with van der Waals surface area (Å²) < 4.78 is 1.10. The Labute approximate surface area is 75.2 Å². The van der Waals surface area contributed by atoms with Gasteiger partial charge in [-0.15, -0.1) is 12.6 Å². The van der Waals surface area contributed by atoms with E-state index in [0.717, 1.165) is 9.37 Å². The fourth-order valence-electron chi connectivity index (χ4n) is 0.928. The first-order valence-corrected chi connectivity index (χ1v) is 4.31. The minimum absolute atomic E-state index is 1.01. The van der Waals surface area contributed by atoms with Crippen molar-refractivity contribution in [2.24, 2.45) is 0 Å². The van der Waals surface area contributed by atoms with Crippen molar-refractivity contribution in [2.75, 3.05) is 0 Å². The molecule has 2 heteroatoms. The molecule has 0 N–H and O–H groups in total. The highest BCUT2D eigenvalue weighted by Crippen LogP contribution is 2.25. The number of rotatable bonds is 0. The second kappa shape index (κ2) is 2.97. The van der Waals surface area contributed by atoms with E-state index in [0.29, 0.717) is 0 Å². The third-order valence-corrected chi connectivity index (χ3v) is 3.09. The summed E-state index contributed by atoms with van der Waals surface area (Å²) in [6.45, 7) is 4.13. The molecule has 0 aliphatic rings. The molecule has 0 spiro atoms. The quantitative estimate of drug-likeness (QED) is 0.633. The molecule has 0 heterocycles. The molecule has 0 saturated carbocycles. The molecular formula is C8H9BrS. The molecule has 0 amide bonds. The van der Waals surface area contributed by atoms with Crippen molar-refractivity contribution in [3.8, 4) is 0 Å². The molecule has 0 fully saturated rings. The lowest BCUT2D eigenvalue weighted by atomic mass is 10.2. The zero-order valence-corrected chi connectivity index (χ0v) is 8.46. The molecule has 1 aromatic carbocycles. The average molecular weight is 217 g/mol. The van der Waals surface area contributed by atoms with Crippen molar-refractivity contribution >= 4 is 28.6 Å². The third kappa shape index (κ3) is 1.55. The van der Waals surface area contributed by atoms with Crippen molar-refractivity contribution in [3.63, 3.8) is 0 Å². The van der Waals surface area contributed by atoms with Crippen LogP contribution in [0.3, 0.4) is 0 Å². The Morgan fingerprint density at radius 2 is 1.90 bits per heavy atom. The van der Waals surface area contributed by atoms with E-state index in [2.05, 4.69) is 48.5 Å². The molecule has 0 aliphatic carbocycles. The summed E-state index contributed by atoms with van der Waals surface area (Å²) in [4.78, 5) is 1.01. The van der Waals surface area contributed by atoms with Gasteiger partial charge in [0.2, 0.25) is 0 Å². The zero-order valence-electron chi connectivity index (χ0n) is 5.98. The van der Waals surface area contributed by atoms with Gasteiger partial charge in [0.05, 0.1) is 0 Å². The van der Waals surface area contributed by atoms with Gasteiger partial charge >= 0.3 is 0 Å². The molecule has 1 rings (SSSR count). The first-order chi connectivity index (χ1) is 4.61. The normalized spacial score (nSPS) is 10.0. The van der Waals surface area contributed by atoms with Gasteiger partial charge in [0.15, 0.2) is 0 Å². The van der Waals surface area contributed by atoms with E-state index in [-0.39, 0.29) is 0 Å². The first kappa shape index (κ1) is 8.15. The molecule has 0 unspecified atom stereocenters. The van der Waals surface area contributed by atoms with Gasteiger partial charge in [-0.2, -0.15) is 0 Å². The maximum absolute atomic E-state index is 4.29. The molecule has 0 atom stereocenters. The van der Waals surface area contributed by atoms with Gasteiger partial charge in [0.25, 0.3) is 0 Å². The Kier molecular flexibility index (Phi) is 2.42. The van der Waals surface area contributed by atoms with E-state index in [1.807, 2.05) is 6.07 Å². The van der Waals surface area contributed by atoms with Crippen LogP contribution in [0.5, 0.6) is 0 Å². The predicted octanol–water partition coefficient (Wildman–Crippen LogP) is 3.35. The average Bonchev–Trinajstić information content (AvgIpc) is 1.82. The van der Waals surface area contributed by atoms with Crippen molar-refractivity contribution < 1.29 is 0 Å². The maximum atomic E-state index is 4.29. The maximum Gasteiger partial charge on any atom is 0.0338 e. The number of hydrogen-bond donors (Lipinski definition) is 1. The van der Waals surface area contributed by atoms with Crippen LogP contribution in [-0.4, -0.2) is 0 Å². The van der Waals surface area contributed by atoms with Crippen LogP contribution < -0.4 is 0 Å². The minimum atomic E-state index is 1.01. The van der Waals surface area contributed by atoms with Gasteiger partial charge in [0.1, 0.15) is 0 Å². The van der Waals surface area contributed by atoms with Crippen molar-refractivity contribution in [2.45, 2.75) is 18.7 Å². The van der Waals surface area contributed by atoms with Gasteiger partial charge in [-0.25, -0.2) is 0 Å². The fourth-order valence-corrected chi connectivity index (χ4v) is 1.54. The van der Waals surface area contributed by atoms with E-state index >= 15 is 0 Å². The molecule has 0 saturated heterocycles. The summed E-state index contributed by atoms with van der Waals surface area (Å²) in [6, 6.07) is 4.17. The number of halogens is 1. The van der Waals surface area contributed by atoms with Gasteiger partial charge in [-0.3, -0.25) is 0 Å². The monoisotopic (exact) mass is 216 g/mol. The van der Waals surface area contributed by atoms with Crippen LogP contribution in [0.15, 0.2) is 21.5 Å². The predicted molar refractivity (Wildman–Crippen MR) is 50.9 cm³/mol. The zero-order chi connectivity index (χ0) is 7.72. The molecule has 1 aromatic rings. The number of hydrogen-bond acceptors (Lipinski definition) is 1. The molecule has 10 heavy (non-hydrogen) atoms. The molecule has 0 aliphatic heterocycles. The van der Waals surface area contributed by atoms with Crippen LogP contribution >= 0.6 is 28.6 Å². The summed E-state index contributed by atoms with van der Waals surface area (Å²) in [5.41, 5.74) is 2.50. The van der Waals surface area contributed by atoms with E-state index in [9.17, 15) is 0 Å². The molecule has 0 radical (unpaired) electrons. The highest BCUT2D eigenvalue weighted by atomic mass is 79.9.